The predicted octanol–water partition coefficient (Wildman–Crippen LogP) is 3.55. The monoisotopic (exact) mass is 808 g/mol. The number of alkyl carbamates (subject to hydrolysis) is 1. The molecule has 6 amide bonds. The van der Waals surface area contributed by atoms with Gasteiger partial charge in [0.2, 0.25) is 29.4 Å². The van der Waals surface area contributed by atoms with E-state index >= 15 is 0 Å². The summed E-state index contributed by atoms with van der Waals surface area (Å²) in [4.78, 5) is 98.6. The zero-order valence-corrected chi connectivity index (χ0v) is 35.3. The summed E-state index contributed by atoms with van der Waals surface area (Å²) in [5.74, 6) is -4.42. The smallest absolute Gasteiger partial charge is 0.408 e. The SMILES string of the molecule is CCC(C)(C)OC(=O)N[C@H](C(=O)N1C[C@@H]2OC(C)(C)C[C@@H]2[C@H]1C(=O)NC(CC1CCC1)C(=O)C(=O)NCC(=O)N[C@H](C(=O)N(C)C)c1ccccc1)C1CCCCC1. The van der Waals surface area contributed by atoms with Crippen molar-refractivity contribution in [3.05, 3.63) is 35.9 Å². The number of hydrogen-bond acceptors (Lipinski definition) is 9. The molecule has 15 heteroatoms. The topological polar surface area (TPSA) is 193 Å². The number of fused-ring (bicyclic) bond motifs is 1. The molecule has 4 N–H and O–H groups in total. The quantitative estimate of drug-likeness (QED) is 0.181. The summed E-state index contributed by atoms with van der Waals surface area (Å²) in [6, 6.07) is 4.52. The van der Waals surface area contributed by atoms with Gasteiger partial charge in [0.1, 0.15) is 23.7 Å². The maximum atomic E-state index is 14.7. The molecule has 320 valence electrons. The number of rotatable bonds is 16. The Labute approximate surface area is 342 Å². The maximum absolute atomic E-state index is 14.7. The molecule has 0 aromatic heterocycles. The third-order valence-corrected chi connectivity index (χ3v) is 12.4. The highest BCUT2D eigenvalue weighted by molar-refractivity contribution is 6.38. The Kier molecular flexibility index (Phi) is 14.6. The van der Waals surface area contributed by atoms with E-state index in [1.165, 1.54) is 9.80 Å². The van der Waals surface area contributed by atoms with Crippen molar-refractivity contribution in [1.29, 1.82) is 0 Å². The molecular formula is C43H64N6O9. The van der Waals surface area contributed by atoms with Crippen molar-refractivity contribution in [2.45, 2.75) is 147 Å². The van der Waals surface area contributed by atoms with Crippen LogP contribution in [0.15, 0.2) is 30.3 Å². The summed E-state index contributed by atoms with van der Waals surface area (Å²) in [7, 11) is 3.14. The molecule has 5 rings (SSSR count). The zero-order chi connectivity index (χ0) is 42.4. The predicted molar refractivity (Wildman–Crippen MR) is 215 cm³/mol. The number of nitrogens with zero attached hydrogens (tertiary/aromatic N) is 2. The largest absolute Gasteiger partial charge is 0.444 e. The van der Waals surface area contributed by atoms with Crippen LogP contribution in [0.25, 0.3) is 0 Å². The number of likely N-dealkylation sites (tertiary alicyclic amines) is 1. The Balaban J connectivity index is 1.32. The Morgan fingerprint density at radius 1 is 0.931 bits per heavy atom. The Hall–Kier alpha value is -4.53. The number of nitrogens with one attached hydrogen (secondary N) is 4. The van der Waals surface area contributed by atoms with E-state index in [0.29, 0.717) is 18.4 Å². The van der Waals surface area contributed by atoms with E-state index in [2.05, 4.69) is 21.3 Å². The lowest BCUT2D eigenvalue weighted by atomic mass is 9.80. The van der Waals surface area contributed by atoms with Crippen LogP contribution in [0.1, 0.15) is 117 Å². The van der Waals surface area contributed by atoms with Gasteiger partial charge in [-0.05, 0) is 77.2 Å². The van der Waals surface area contributed by atoms with Crippen molar-refractivity contribution < 1.29 is 43.0 Å². The average Bonchev–Trinajstić information content (AvgIpc) is 3.66. The molecule has 1 aromatic rings. The fraction of sp³-hybridized carbons (Fsp3) is 0.698. The molecule has 0 bridgehead atoms. The average molecular weight is 809 g/mol. The summed E-state index contributed by atoms with van der Waals surface area (Å²) in [5.41, 5.74) is -0.748. The lowest BCUT2D eigenvalue weighted by Crippen LogP contribution is -2.59. The molecule has 2 aliphatic heterocycles. The number of ketones is 1. The molecule has 1 aromatic carbocycles. The number of amides is 6. The van der Waals surface area contributed by atoms with Gasteiger partial charge in [0.25, 0.3) is 5.91 Å². The number of benzene rings is 1. The molecule has 6 atom stereocenters. The van der Waals surface area contributed by atoms with E-state index in [1.807, 2.05) is 20.8 Å². The highest BCUT2D eigenvalue weighted by Gasteiger charge is 2.56. The van der Waals surface area contributed by atoms with Crippen LogP contribution < -0.4 is 21.3 Å². The van der Waals surface area contributed by atoms with E-state index in [-0.39, 0.29) is 30.7 Å². The van der Waals surface area contributed by atoms with Gasteiger partial charge in [-0.3, -0.25) is 28.8 Å². The van der Waals surface area contributed by atoms with Crippen LogP contribution in [0.2, 0.25) is 0 Å². The Morgan fingerprint density at radius 2 is 1.60 bits per heavy atom. The molecular weight excluding hydrogens is 745 g/mol. The van der Waals surface area contributed by atoms with Crippen LogP contribution in [0.3, 0.4) is 0 Å². The lowest BCUT2D eigenvalue weighted by molar-refractivity contribution is -0.145. The van der Waals surface area contributed by atoms with Gasteiger partial charge in [0.15, 0.2) is 0 Å². The fourth-order valence-electron chi connectivity index (χ4n) is 8.70. The summed E-state index contributed by atoms with van der Waals surface area (Å²) < 4.78 is 12.1. The van der Waals surface area contributed by atoms with Gasteiger partial charge in [0.05, 0.1) is 24.3 Å². The van der Waals surface area contributed by atoms with Crippen molar-refractivity contribution in [2.75, 3.05) is 27.2 Å². The minimum Gasteiger partial charge on any atom is -0.444 e. The van der Waals surface area contributed by atoms with Crippen molar-refractivity contribution in [1.82, 2.24) is 31.1 Å². The lowest BCUT2D eigenvalue weighted by Gasteiger charge is -2.37. The van der Waals surface area contributed by atoms with E-state index in [1.54, 1.807) is 58.3 Å². The summed E-state index contributed by atoms with van der Waals surface area (Å²) in [6.45, 7) is 8.94. The fourth-order valence-corrected chi connectivity index (χ4v) is 8.70. The Morgan fingerprint density at radius 3 is 2.21 bits per heavy atom. The minimum absolute atomic E-state index is 0.107. The van der Waals surface area contributed by atoms with Crippen LogP contribution in [-0.2, 0) is 38.2 Å². The number of carbonyl (C=O) groups excluding carboxylic acids is 7. The van der Waals surface area contributed by atoms with E-state index in [4.69, 9.17) is 9.47 Å². The summed E-state index contributed by atoms with van der Waals surface area (Å²) >= 11 is 0. The molecule has 2 saturated heterocycles. The molecule has 0 spiro atoms. The van der Waals surface area contributed by atoms with Crippen LogP contribution >= 0.6 is 0 Å². The van der Waals surface area contributed by atoms with Crippen molar-refractivity contribution in [2.24, 2.45) is 17.8 Å². The van der Waals surface area contributed by atoms with E-state index in [0.717, 1.165) is 51.4 Å². The molecule has 4 aliphatic rings. The molecule has 58 heavy (non-hydrogen) atoms. The molecule has 15 nitrogen and oxygen atoms in total. The van der Waals surface area contributed by atoms with Gasteiger partial charge in [-0.15, -0.1) is 0 Å². The Bertz CT molecular complexity index is 1670. The normalized spacial score (nSPS) is 23.3. The van der Waals surface area contributed by atoms with Crippen molar-refractivity contribution in [3.63, 3.8) is 0 Å². The third-order valence-electron chi connectivity index (χ3n) is 12.4. The van der Waals surface area contributed by atoms with Crippen LogP contribution in [0.5, 0.6) is 0 Å². The number of likely N-dealkylation sites (N-methyl/N-ethyl adjacent to an activating group) is 1. The van der Waals surface area contributed by atoms with Crippen molar-refractivity contribution in [3.8, 4) is 0 Å². The summed E-state index contributed by atoms with van der Waals surface area (Å²) in [5, 5.41) is 10.8. The standard InChI is InChI=1S/C43H64N6O9/c1-8-42(2,3)58-41(56)47-34(28-20-13-10-14-21-28)40(55)49-25-31-29(23-43(4,5)57-31)35(49)37(52)45-30(22-26-16-15-17-26)36(51)38(53)44-24-32(50)46-33(39(54)48(6)7)27-18-11-9-12-19-27/h9,11-12,18-19,26,28-31,33-35H,8,10,13-17,20-25H2,1-7H3,(H,44,53)(H,45,52)(H,46,50)(H,47,56)/t29-,30?,31-,33-,34-,35-/m0/s1. The minimum atomic E-state index is -1.21. The molecule has 0 radical (unpaired) electrons. The molecule has 2 aliphatic carbocycles. The second-order valence-corrected chi connectivity index (χ2v) is 18.0. The number of hydrogen-bond donors (Lipinski definition) is 4. The van der Waals surface area contributed by atoms with Gasteiger partial charge in [-0.1, -0.05) is 75.8 Å². The van der Waals surface area contributed by atoms with E-state index in [9.17, 15) is 33.6 Å². The molecule has 4 fully saturated rings. The first-order chi connectivity index (χ1) is 27.4. The van der Waals surface area contributed by atoms with Gasteiger partial charge >= 0.3 is 6.09 Å². The molecule has 2 saturated carbocycles. The van der Waals surface area contributed by atoms with Crippen LogP contribution in [-0.4, -0.2) is 114 Å². The second-order valence-electron chi connectivity index (χ2n) is 18.0. The number of Topliss-reactive ketones (excluding diaryl/α,β-unsaturated/α-hetero) is 1. The van der Waals surface area contributed by atoms with Crippen LogP contribution in [0.4, 0.5) is 4.79 Å². The van der Waals surface area contributed by atoms with Gasteiger partial charge in [-0.2, -0.15) is 0 Å². The van der Waals surface area contributed by atoms with Gasteiger partial charge in [-0.25, -0.2) is 4.79 Å². The highest BCUT2D eigenvalue weighted by Crippen LogP contribution is 2.44. The number of ether oxygens (including phenoxy) is 2. The zero-order valence-electron chi connectivity index (χ0n) is 35.3. The first kappa shape index (κ1) is 44.6. The van der Waals surface area contributed by atoms with Gasteiger partial charge < -0.3 is 40.5 Å². The first-order valence-corrected chi connectivity index (χ1v) is 21.1. The molecule has 2 heterocycles. The molecule has 1 unspecified atom stereocenters. The maximum Gasteiger partial charge on any atom is 0.408 e. The third kappa shape index (κ3) is 11.1. The second kappa shape index (κ2) is 19.0. The first-order valence-electron chi connectivity index (χ1n) is 21.1. The van der Waals surface area contributed by atoms with Crippen molar-refractivity contribution >= 4 is 41.4 Å². The summed E-state index contributed by atoms with van der Waals surface area (Å²) in [6.07, 6.45) is 7.10. The highest BCUT2D eigenvalue weighted by atomic mass is 16.6. The number of carbonyl (C=O) groups is 7. The van der Waals surface area contributed by atoms with Crippen LogP contribution in [0, 0.1) is 17.8 Å². The van der Waals surface area contributed by atoms with Gasteiger partial charge in [0, 0.05) is 26.6 Å². The van der Waals surface area contributed by atoms with E-state index < -0.39 is 89.4 Å².